The Labute approximate surface area is 177 Å². The van der Waals surface area contributed by atoms with Crippen LogP contribution >= 0.6 is 0 Å². The third kappa shape index (κ3) is 2.16. The van der Waals surface area contributed by atoms with E-state index in [0.717, 1.165) is 0 Å². The number of rotatable bonds is 2. The molecule has 5 aromatic rings. The molecule has 0 fully saturated rings. The lowest BCUT2D eigenvalue weighted by Crippen LogP contribution is -2.34. The van der Waals surface area contributed by atoms with Gasteiger partial charge < -0.3 is 0 Å². The topological polar surface area (TPSA) is 0 Å². The molecule has 0 saturated heterocycles. The van der Waals surface area contributed by atoms with Gasteiger partial charge in [0, 0.05) is 0 Å². The lowest BCUT2D eigenvalue weighted by atomic mass is 9.59. The third-order valence-corrected chi connectivity index (χ3v) is 6.67. The molecule has 0 heteroatoms. The van der Waals surface area contributed by atoms with Gasteiger partial charge in [-0.25, -0.2) is 0 Å². The zero-order valence-corrected chi connectivity index (χ0v) is 17.0. The fraction of sp³-hybridized carbons (Fsp3) is 0.0667. The van der Waals surface area contributed by atoms with Crippen LogP contribution in [0.15, 0.2) is 115 Å². The molecule has 6 rings (SSSR count). The summed E-state index contributed by atoms with van der Waals surface area (Å²) in [5, 5.41) is 2.68. The molecule has 0 N–H and O–H groups in total. The lowest BCUT2D eigenvalue weighted by molar-refractivity contribution is 0.749. The molecule has 0 aliphatic heterocycles. The average molecular weight is 383 g/mol. The zero-order valence-electron chi connectivity index (χ0n) is 17.0. The molecule has 0 spiro atoms. The first-order valence-corrected chi connectivity index (χ1v) is 10.6. The Morgan fingerprint density at radius 1 is 0.500 bits per heavy atom. The lowest BCUT2D eigenvalue weighted by Gasteiger charge is -2.42. The first-order valence-electron chi connectivity index (χ1n) is 10.6. The molecule has 5 aromatic carbocycles. The van der Waals surface area contributed by atoms with Crippen LogP contribution in [-0.2, 0) is 5.41 Å². The van der Waals surface area contributed by atoms with E-state index in [2.05, 4.69) is 122 Å². The molecule has 0 radical (unpaired) electrons. The first kappa shape index (κ1) is 17.2. The molecule has 0 aromatic heterocycles. The predicted molar refractivity (Wildman–Crippen MR) is 126 cm³/mol. The number of hydrogen-bond acceptors (Lipinski definition) is 0. The average Bonchev–Trinajstić information content (AvgIpc) is 2.82. The van der Waals surface area contributed by atoms with Crippen LogP contribution < -0.4 is 0 Å². The van der Waals surface area contributed by atoms with E-state index in [4.69, 9.17) is 0 Å². The minimum absolute atomic E-state index is 0.348. The summed E-state index contributed by atoms with van der Waals surface area (Å²) in [6, 6.07) is 42.3. The first-order chi connectivity index (χ1) is 14.8. The minimum atomic E-state index is -0.348. The summed E-state index contributed by atoms with van der Waals surface area (Å²) in [5.74, 6) is 0. The van der Waals surface area contributed by atoms with E-state index in [0.29, 0.717) is 0 Å². The van der Waals surface area contributed by atoms with Crippen LogP contribution in [-0.4, -0.2) is 0 Å². The van der Waals surface area contributed by atoms with Gasteiger partial charge in [-0.05, 0) is 56.6 Å². The van der Waals surface area contributed by atoms with Gasteiger partial charge in [0.05, 0.1) is 5.41 Å². The van der Waals surface area contributed by atoms with Gasteiger partial charge in [0.15, 0.2) is 0 Å². The van der Waals surface area contributed by atoms with Crippen molar-refractivity contribution in [2.75, 3.05) is 0 Å². The number of aryl methyl sites for hydroxylation is 1. The Bertz CT molecular complexity index is 1340. The van der Waals surface area contributed by atoms with Crippen LogP contribution in [0.2, 0.25) is 0 Å². The van der Waals surface area contributed by atoms with Crippen LogP contribution in [0.4, 0.5) is 0 Å². The second-order valence-corrected chi connectivity index (χ2v) is 8.19. The Kier molecular flexibility index (Phi) is 3.70. The Morgan fingerprint density at radius 3 is 1.80 bits per heavy atom. The maximum Gasteiger partial charge on any atom is 0.0713 e. The van der Waals surface area contributed by atoms with Crippen molar-refractivity contribution >= 4 is 10.8 Å². The SMILES string of the molecule is Cc1ccc2cccc3c2c1-c1ccccc1C3(c1ccccc1)c1ccccc1. The van der Waals surface area contributed by atoms with Crippen LogP contribution in [0.25, 0.3) is 21.9 Å². The summed E-state index contributed by atoms with van der Waals surface area (Å²) < 4.78 is 0. The van der Waals surface area contributed by atoms with Crippen LogP contribution in [0.5, 0.6) is 0 Å². The monoisotopic (exact) mass is 382 g/mol. The van der Waals surface area contributed by atoms with Gasteiger partial charge in [0.1, 0.15) is 0 Å². The second-order valence-electron chi connectivity index (χ2n) is 8.19. The summed E-state index contributed by atoms with van der Waals surface area (Å²) >= 11 is 0. The number of fused-ring (bicyclic) bond motifs is 2. The van der Waals surface area contributed by atoms with Gasteiger partial charge in [0.2, 0.25) is 0 Å². The van der Waals surface area contributed by atoms with E-state index in [1.165, 1.54) is 49.7 Å². The van der Waals surface area contributed by atoms with E-state index in [9.17, 15) is 0 Å². The fourth-order valence-corrected chi connectivity index (χ4v) is 5.48. The van der Waals surface area contributed by atoms with Crippen molar-refractivity contribution in [2.45, 2.75) is 12.3 Å². The van der Waals surface area contributed by atoms with Gasteiger partial charge >= 0.3 is 0 Å². The summed E-state index contributed by atoms with van der Waals surface area (Å²) in [7, 11) is 0. The van der Waals surface area contributed by atoms with E-state index >= 15 is 0 Å². The summed E-state index contributed by atoms with van der Waals surface area (Å²) in [6.07, 6.45) is 0. The van der Waals surface area contributed by atoms with Crippen molar-refractivity contribution in [1.82, 2.24) is 0 Å². The minimum Gasteiger partial charge on any atom is -0.0622 e. The van der Waals surface area contributed by atoms with Crippen molar-refractivity contribution < 1.29 is 0 Å². The molecule has 0 nitrogen and oxygen atoms in total. The molecule has 0 bridgehead atoms. The normalized spacial score (nSPS) is 13.8. The second kappa shape index (κ2) is 6.43. The molecule has 1 aliphatic rings. The molecular weight excluding hydrogens is 360 g/mol. The van der Waals surface area contributed by atoms with Gasteiger partial charge in [-0.3, -0.25) is 0 Å². The predicted octanol–water partition coefficient (Wildman–Crippen LogP) is 7.51. The molecular formula is C30H22. The van der Waals surface area contributed by atoms with Crippen molar-refractivity contribution in [3.05, 3.63) is 143 Å². The maximum atomic E-state index is 2.33. The van der Waals surface area contributed by atoms with E-state index < -0.39 is 0 Å². The summed E-state index contributed by atoms with van der Waals surface area (Å²) in [5.41, 5.74) is 9.04. The van der Waals surface area contributed by atoms with Crippen LogP contribution in [0.3, 0.4) is 0 Å². The smallest absolute Gasteiger partial charge is 0.0622 e. The highest BCUT2D eigenvalue weighted by atomic mass is 14.4. The highest BCUT2D eigenvalue weighted by Crippen LogP contribution is 2.55. The van der Waals surface area contributed by atoms with Crippen LogP contribution in [0, 0.1) is 6.92 Å². The number of benzene rings is 5. The Morgan fingerprint density at radius 2 is 1.10 bits per heavy atom. The Hall–Kier alpha value is -3.64. The maximum absolute atomic E-state index is 2.33. The van der Waals surface area contributed by atoms with Gasteiger partial charge in [0.25, 0.3) is 0 Å². The highest BCUT2D eigenvalue weighted by Gasteiger charge is 2.44. The van der Waals surface area contributed by atoms with E-state index in [1.54, 1.807) is 0 Å². The highest BCUT2D eigenvalue weighted by molar-refractivity contribution is 6.06. The Balaban J connectivity index is 1.92. The van der Waals surface area contributed by atoms with E-state index in [1.807, 2.05) is 0 Å². The van der Waals surface area contributed by atoms with E-state index in [-0.39, 0.29) is 5.41 Å². The standard InChI is InChI=1S/C30H22/c1-21-19-20-22-11-10-18-27-29(22)28(21)25-16-8-9-17-26(25)30(27,23-12-4-2-5-13-23)24-14-6-3-7-15-24/h2-20H,1H3. The molecule has 30 heavy (non-hydrogen) atoms. The summed E-state index contributed by atoms with van der Waals surface area (Å²) in [6.45, 7) is 2.24. The molecule has 0 saturated carbocycles. The van der Waals surface area contributed by atoms with Gasteiger partial charge in [-0.1, -0.05) is 115 Å². The van der Waals surface area contributed by atoms with Crippen molar-refractivity contribution in [2.24, 2.45) is 0 Å². The van der Waals surface area contributed by atoms with Crippen molar-refractivity contribution in [3.8, 4) is 11.1 Å². The quantitative estimate of drug-likeness (QED) is 0.291. The largest absolute Gasteiger partial charge is 0.0713 e. The van der Waals surface area contributed by atoms with Gasteiger partial charge in [-0.2, -0.15) is 0 Å². The molecule has 1 aliphatic carbocycles. The number of hydrogen-bond donors (Lipinski definition) is 0. The molecule has 142 valence electrons. The van der Waals surface area contributed by atoms with Gasteiger partial charge in [-0.15, -0.1) is 0 Å². The molecule has 0 atom stereocenters. The van der Waals surface area contributed by atoms with Crippen LogP contribution in [0.1, 0.15) is 27.8 Å². The fourth-order valence-electron chi connectivity index (χ4n) is 5.48. The van der Waals surface area contributed by atoms with Crippen molar-refractivity contribution in [1.29, 1.82) is 0 Å². The molecule has 0 heterocycles. The van der Waals surface area contributed by atoms with Crippen molar-refractivity contribution in [3.63, 3.8) is 0 Å². The molecule has 0 unspecified atom stereocenters. The summed E-state index contributed by atoms with van der Waals surface area (Å²) in [4.78, 5) is 0. The zero-order chi connectivity index (χ0) is 20.1. The third-order valence-electron chi connectivity index (χ3n) is 6.67. The molecule has 0 amide bonds.